The monoisotopic (exact) mass is 291 g/mol. The van der Waals surface area contributed by atoms with Gasteiger partial charge < -0.3 is 15.0 Å². The zero-order valence-corrected chi connectivity index (χ0v) is 13.9. The Kier molecular flexibility index (Phi) is 5.59. The van der Waals surface area contributed by atoms with Crippen LogP contribution in [0.2, 0.25) is 0 Å². The van der Waals surface area contributed by atoms with Crippen molar-refractivity contribution in [3.8, 4) is 0 Å². The van der Waals surface area contributed by atoms with Crippen LogP contribution in [0.1, 0.15) is 46.2 Å². The lowest BCUT2D eigenvalue weighted by Crippen LogP contribution is -2.40. The minimum atomic E-state index is 0.114. The van der Waals surface area contributed by atoms with Crippen molar-refractivity contribution in [2.75, 3.05) is 24.6 Å². The van der Waals surface area contributed by atoms with Crippen molar-refractivity contribution in [1.82, 2.24) is 10.3 Å². The fraction of sp³-hybridized carbons (Fsp3) is 0.706. The summed E-state index contributed by atoms with van der Waals surface area (Å²) in [5.41, 5.74) is 2.48. The largest absolute Gasteiger partial charge is 0.377 e. The molecule has 0 amide bonds. The lowest BCUT2D eigenvalue weighted by atomic mass is 10.1. The third-order valence-electron chi connectivity index (χ3n) is 3.75. The normalized spacial score (nSPS) is 19.8. The molecule has 1 saturated heterocycles. The Bertz CT molecular complexity index is 440. The van der Waals surface area contributed by atoms with Crippen LogP contribution in [0.15, 0.2) is 18.3 Å². The Morgan fingerprint density at radius 3 is 2.95 bits per heavy atom. The van der Waals surface area contributed by atoms with Crippen LogP contribution in [0.25, 0.3) is 0 Å². The van der Waals surface area contributed by atoms with Crippen LogP contribution in [0.3, 0.4) is 0 Å². The van der Waals surface area contributed by atoms with E-state index in [9.17, 15) is 0 Å². The molecule has 2 heterocycles. The predicted octanol–water partition coefficient (Wildman–Crippen LogP) is 2.98. The van der Waals surface area contributed by atoms with Gasteiger partial charge in [0, 0.05) is 43.7 Å². The molecule has 0 spiro atoms. The molecule has 0 radical (unpaired) electrons. The van der Waals surface area contributed by atoms with Gasteiger partial charge in [0.25, 0.3) is 0 Å². The second-order valence-electron chi connectivity index (χ2n) is 6.77. The van der Waals surface area contributed by atoms with Crippen LogP contribution in [0.4, 0.5) is 5.69 Å². The molecule has 2 rings (SSSR count). The minimum absolute atomic E-state index is 0.114. The number of nitrogens with zero attached hydrogens (tertiary/aromatic N) is 2. The standard InChI is InChI=1S/C17H29N3O/c1-5-21-16-7-6-10-20(13-16)15-8-9-18-14(11-15)12-19-17(2,3)4/h8-9,11,16,19H,5-7,10,12-13H2,1-4H3. The summed E-state index contributed by atoms with van der Waals surface area (Å²) in [5.74, 6) is 0. The maximum absolute atomic E-state index is 5.79. The summed E-state index contributed by atoms with van der Waals surface area (Å²) in [5, 5.41) is 3.49. The molecule has 1 aliphatic rings. The summed E-state index contributed by atoms with van der Waals surface area (Å²) in [4.78, 5) is 6.89. The molecule has 118 valence electrons. The van der Waals surface area contributed by atoms with E-state index in [4.69, 9.17) is 4.74 Å². The lowest BCUT2D eigenvalue weighted by Gasteiger charge is -2.34. The molecule has 1 N–H and O–H groups in total. The first-order valence-corrected chi connectivity index (χ1v) is 8.04. The van der Waals surface area contributed by atoms with Gasteiger partial charge in [-0.25, -0.2) is 0 Å². The van der Waals surface area contributed by atoms with Gasteiger partial charge in [0.15, 0.2) is 0 Å². The number of rotatable bonds is 5. The Labute approximate surface area is 128 Å². The summed E-state index contributed by atoms with van der Waals surface area (Å²) < 4.78 is 5.79. The van der Waals surface area contributed by atoms with Gasteiger partial charge in [0.2, 0.25) is 0 Å². The third kappa shape index (κ3) is 5.29. The smallest absolute Gasteiger partial charge is 0.0750 e. The van der Waals surface area contributed by atoms with Crippen LogP contribution in [-0.2, 0) is 11.3 Å². The first kappa shape index (κ1) is 16.2. The topological polar surface area (TPSA) is 37.4 Å². The maximum atomic E-state index is 5.79. The van der Waals surface area contributed by atoms with E-state index in [0.717, 1.165) is 31.9 Å². The highest BCUT2D eigenvalue weighted by Gasteiger charge is 2.20. The SMILES string of the molecule is CCOC1CCCN(c2ccnc(CNC(C)(C)C)c2)C1. The zero-order chi connectivity index (χ0) is 15.3. The van der Waals surface area contributed by atoms with Crippen LogP contribution in [-0.4, -0.2) is 36.3 Å². The highest BCUT2D eigenvalue weighted by atomic mass is 16.5. The molecular formula is C17H29N3O. The quantitative estimate of drug-likeness (QED) is 0.905. The van der Waals surface area contributed by atoms with Crippen molar-refractivity contribution >= 4 is 5.69 Å². The molecule has 0 saturated carbocycles. The Morgan fingerprint density at radius 1 is 1.43 bits per heavy atom. The average Bonchev–Trinajstić information content (AvgIpc) is 2.45. The summed E-state index contributed by atoms with van der Waals surface area (Å²) in [7, 11) is 0. The van der Waals surface area contributed by atoms with E-state index in [1.807, 2.05) is 6.20 Å². The molecular weight excluding hydrogens is 262 g/mol. The first-order chi connectivity index (χ1) is 9.98. The molecule has 1 fully saturated rings. The number of anilines is 1. The van der Waals surface area contributed by atoms with Crippen LogP contribution in [0.5, 0.6) is 0 Å². The van der Waals surface area contributed by atoms with Crippen LogP contribution >= 0.6 is 0 Å². The summed E-state index contributed by atoms with van der Waals surface area (Å²) in [6.45, 7) is 12.3. The number of hydrogen-bond donors (Lipinski definition) is 1. The van der Waals surface area contributed by atoms with Crippen molar-refractivity contribution < 1.29 is 4.74 Å². The van der Waals surface area contributed by atoms with E-state index in [0.29, 0.717) is 6.10 Å². The number of ether oxygens (including phenoxy) is 1. The summed E-state index contributed by atoms with van der Waals surface area (Å²) in [6.07, 6.45) is 4.66. The minimum Gasteiger partial charge on any atom is -0.377 e. The van der Waals surface area contributed by atoms with E-state index >= 15 is 0 Å². The molecule has 21 heavy (non-hydrogen) atoms. The molecule has 1 aromatic heterocycles. The van der Waals surface area contributed by atoms with Gasteiger partial charge in [-0.05, 0) is 52.7 Å². The maximum Gasteiger partial charge on any atom is 0.0750 e. The van der Waals surface area contributed by atoms with E-state index in [1.54, 1.807) is 0 Å². The zero-order valence-electron chi connectivity index (χ0n) is 13.9. The molecule has 1 aliphatic heterocycles. The Morgan fingerprint density at radius 2 is 2.24 bits per heavy atom. The van der Waals surface area contributed by atoms with Gasteiger partial charge in [-0.2, -0.15) is 0 Å². The molecule has 1 atom stereocenters. The van der Waals surface area contributed by atoms with Gasteiger partial charge >= 0.3 is 0 Å². The molecule has 0 aliphatic carbocycles. The second kappa shape index (κ2) is 7.23. The van der Waals surface area contributed by atoms with Crippen molar-refractivity contribution in [1.29, 1.82) is 0 Å². The molecule has 1 aromatic rings. The van der Waals surface area contributed by atoms with Crippen LogP contribution < -0.4 is 10.2 Å². The number of aromatic nitrogens is 1. The second-order valence-corrected chi connectivity index (χ2v) is 6.77. The highest BCUT2D eigenvalue weighted by Crippen LogP contribution is 2.21. The number of hydrogen-bond acceptors (Lipinski definition) is 4. The summed E-state index contributed by atoms with van der Waals surface area (Å²) in [6, 6.07) is 4.31. The highest BCUT2D eigenvalue weighted by molar-refractivity contribution is 5.47. The molecule has 0 aromatic carbocycles. The van der Waals surface area contributed by atoms with Crippen LogP contribution in [0, 0.1) is 0 Å². The molecule has 1 unspecified atom stereocenters. The van der Waals surface area contributed by atoms with Gasteiger partial charge in [0.05, 0.1) is 11.8 Å². The first-order valence-electron chi connectivity index (χ1n) is 8.04. The average molecular weight is 291 g/mol. The molecule has 0 bridgehead atoms. The fourth-order valence-electron chi connectivity index (χ4n) is 2.66. The van der Waals surface area contributed by atoms with E-state index < -0.39 is 0 Å². The van der Waals surface area contributed by atoms with Crippen molar-refractivity contribution in [3.63, 3.8) is 0 Å². The Balaban J connectivity index is 1.99. The van der Waals surface area contributed by atoms with E-state index in [1.165, 1.54) is 18.5 Å². The van der Waals surface area contributed by atoms with Gasteiger partial charge in [-0.1, -0.05) is 0 Å². The van der Waals surface area contributed by atoms with Gasteiger partial charge in [-0.15, -0.1) is 0 Å². The van der Waals surface area contributed by atoms with Crippen molar-refractivity contribution in [3.05, 3.63) is 24.0 Å². The fourth-order valence-corrected chi connectivity index (χ4v) is 2.66. The number of nitrogens with one attached hydrogen (secondary N) is 1. The summed E-state index contributed by atoms with van der Waals surface area (Å²) >= 11 is 0. The van der Waals surface area contributed by atoms with Gasteiger partial charge in [0.1, 0.15) is 0 Å². The molecule has 4 heteroatoms. The number of piperidine rings is 1. The van der Waals surface area contributed by atoms with E-state index in [-0.39, 0.29) is 5.54 Å². The Hall–Kier alpha value is -1.13. The number of pyridine rings is 1. The van der Waals surface area contributed by atoms with Crippen molar-refractivity contribution in [2.24, 2.45) is 0 Å². The lowest BCUT2D eigenvalue weighted by molar-refractivity contribution is 0.0526. The predicted molar refractivity (Wildman–Crippen MR) is 87.7 cm³/mol. The van der Waals surface area contributed by atoms with E-state index in [2.05, 4.69) is 55.0 Å². The third-order valence-corrected chi connectivity index (χ3v) is 3.75. The van der Waals surface area contributed by atoms with Gasteiger partial charge in [-0.3, -0.25) is 4.98 Å². The molecule has 4 nitrogen and oxygen atoms in total. The van der Waals surface area contributed by atoms with Crippen molar-refractivity contribution in [2.45, 2.75) is 58.7 Å².